The quantitative estimate of drug-likeness (QED) is 0.416. The molecule has 0 aromatic heterocycles. The summed E-state index contributed by atoms with van der Waals surface area (Å²) >= 11 is 0. The van der Waals surface area contributed by atoms with Crippen LogP contribution in [0.25, 0.3) is 0 Å². The van der Waals surface area contributed by atoms with Crippen LogP contribution in [0.1, 0.15) is 6.92 Å². The molecule has 0 aliphatic rings. The van der Waals surface area contributed by atoms with Gasteiger partial charge in [0.2, 0.25) is 0 Å². The Labute approximate surface area is 92.5 Å². The van der Waals surface area contributed by atoms with E-state index < -0.39 is 31.1 Å². The van der Waals surface area contributed by atoms with E-state index in [9.17, 15) is 20.0 Å². The Hall–Kier alpha value is -0.960. The predicted octanol–water partition coefficient (Wildman–Crippen LogP) is -0.381. The van der Waals surface area contributed by atoms with Crippen molar-refractivity contribution in [2.24, 2.45) is 10.4 Å². The van der Waals surface area contributed by atoms with Gasteiger partial charge in [-0.25, -0.2) is 0 Å². The van der Waals surface area contributed by atoms with Crippen LogP contribution in [0.3, 0.4) is 0 Å². The number of rotatable bonds is 9. The van der Waals surface area contributed by atoms with Crippen molar-refractivity contribution < 1.29 is 19.7 Å². The van der Waals surface area contributed by atoms with E-state index in [1.165, 1.54) is 14.0 Å². The molecule has 16 heavy (non-hydrogen) atoms. The molecule has 0 radical (unpaired) electrons. The number of nitroso groups, excluding NO2 is 2. The van der Waals surface area contributed by atoms with Crippen molar-refractivity contribution in [1.82, 2.24) is 0 Å². The van der Waals surface area contributed by atoms with E-state index >= 15 is 0 Å². The van der Waals surface area contributed by atoms with E-state index in [2.05, 4.69) is 10.4 Å². The van der Waals surface area contributed by atoms with Crippen LogP contribution in [0.2, 0.25) is 0 Å². The van der Waals surface area contributed by atoms with Crippen molar-refractivity contribution in [2.45, 2.75) is 31.5 Å². The van der Waals surface area contributed by atoms with Gasteiger partial charge in [-0.15, -0.1) is 0 Å². The van der Waals surface area contributed by atoms with Gasteiger partial charge in [0.25, 0.3) is 0 Å². The Morgan fingerprint density at radius 3 is 2.12 bits per heavy atom. The van der Waals surface area contributed by atoms with Crippen molar-refractivity contribution in [3.8, 4) is 0 Å². The summed E-state index contributed by atoms with van der Waals surface area (Å²) in [6.07, 6.45) is -4.25. The van der Waals surface area contributed by atoms with Gasteiger partial charge in [0.1, 0.15) is 31.4 Å². The van der Waals surface area contributed by atoms with E-state index in [-0.39, 0.29) is 6.54 Å². The van der Waals surface area contributed by atoms with E-state index in [1.54, 1.807) is 0 Å². The highest BCUT2D eigenvalue weighted by Gasteiger charge is 2.26. The number of methoxy groups -OCH3 is 1. The lowest BCUT2D eigenvalue weighted by atomic mass is 10.2. The lowest BCUT2D eigenvalue weighted by Crippen LogP contribution is -2.41. The van der Waals surface area contributed by atoms with E-state index in [1.807, 2.05) is 0 Å². The number of ether oxygens (including phenoxy) is 2. The third kappa shape index (κ3) is 5.21. The lowest BCUT2D eigenvalue weighted by Gasteiger charge is -2.26. The van der Waals surface area contributed by atoms with Crippen molar-refractivity contribution in [3.05, 3.63) is 9.81 Å². The van der Waals surface area contributed by atoms with Gasteiger partial charge in [-0.1, -0.05) is 10.4 Å². The molecule has 0 aliphatic carbocycles. The highest BCUT2D eigenvalue weighted by Crippen LogP contribution is 2.09. The maximum Gasteiger partial charge on any atom is 0.183 e. The molecule has 0 bridgehead atoms. The fraction of sp³-hybridized carbons (Fsp3) is 1.00. The monoisotopic (exact) mass is 236 g/mol. The third-order valence-electron chi connectivity index (χ3n) is 1.88. The largest absolute Gasteiger partial charge is 0.388 e. The van der Waals surface area contributed by atoms with Gasteiger partial charge in [0, 0.05) is 7.11 Å². The number of hydrogen-bond acceptors (Lipinski definition) is 8. The molecule has 8 heteroatoms. The third-order valence-corrected chi connectivity index (χ3v) is 1.88. The zero-order chi connectivity index (χ0) is 12.6. The van der Waals surface area contributed by atoms with Crippen LogP contribution in [-0.4, -0.2) is 55.0 Å². The Bertz CT molecular complexity index is 213. The molecular formula is C8H16N2O6. The van der Waals surface area contributed by atoms with Crippen LogP contribution in [0.15, 0.2) is 10.4 Å². The summed E-state index contributed by atoms with van der Waals surface area (Å²) in [6, 6.07) is 0. The smallest absolute Gasteiger partial charge is 0.183 e. The minimum atomic E-state index is -1.26. The van der Waals surface area contributed by atoms with Gasteiger partial charge >= 0.3 is 0 Å². The molecule has 8 nitrogen and oxygen atoms in total. The fourth-order valence-corrected chi connectivity index (χ4v) is 1.06. The molecular weight excluding hydrogens is 220 g/mol. The number of nitrogens with zero attached hydrogens (tertiary/aromatic N) is 2. The van der Waals surface area contributed by atoms with Crippen molar-refractivity contribution in [2.75, 3.05) is 20.2 Å². The second-order valence-corrected chi connectivity index (χ2v) is 3.21. The molecule has 0 fully saturated rings. The Balaban J connectivity index is 4.39. The zero-order valence-corrected chi connectivity index (χ0v) is 9.15. The lowest BCUT2D eigenvalue weighted by molar-refractivity contribution is -0.212. The molecule has 0 aromatic rings. The average Bonchev–Trinajstić information content (AvgIpc) is 2.23. The van der Waals surface area contributed by atoms with E-state index in [0.29, 0.717) is 0 Å². The van der Waals surface area contributed by atoms with Crippen LogP contribution < -0.4 is 0 Å². The van der Waals surface area contributed by atoms with Gasteiger partial charge in [-0.05, 0) is 6.92 Å². The van der Waals surface area contributed by atoms with Crippen LogP contribution >= 0.6 is 0 Å². The maximum absolute atomic E-state index is 10.1. The van der Waals surface area contributed by atoms with Crippen LogP contribution in [0.4, 0.5) is 0 Å². The minimum Gasteiger partial charge on any atom is -0.388 e. The maximum atomic E-state index is 10.1. The Morgan fingerprint density at radius 1 is 1.19 bits per heavy atom. The first kappa shape index (κ1) is 15.0. The summed E-state index contributed by atoms with van der Waals surface area (Å²) in [6.45, 7) is 0.642. The van der Waals surface area contributed by atoms with Crippen molar-refractivity contribution in [3.63, 3.8) is 0 Å². The first-order valence-electron chi connectivity index (χ1n) is 4.69. The van der Waals surface area contributed by atoms with Gasteiger partial charge in [-0.2, -0.15) is 9.81 Å². The fourth-order valence-electron chi connectivity index (χ4n) is 1.06. The minimum absolute atomic E-state index is 0.358. The topological polar surface area (TPSA) is 118 Å². The standard InChI is InChI=1S/C8H16N2O6/c1-5(11)8(15-2)16-7(4-10-14)6(12)3-9-13/h5-8,11-12H,3-4H2,1-2H3/t5-,6-,7-,8-/m1/s1. The molecule has 0 aliphatic heterocycles. The second-order valence-electron chi connectivity index (χ2n) is 3.21. The molecule has 2 N–H and O–H groups in total. The van der Waals surface area contributed by atoms with Crippen molar-refractivity contribution >= 4 is 0 Å². The van der Waals surface area contributed by atoms with Gasteiger partial charge < -0.3 is 19.7 Å². The van der Waals surface area contributed by atoms with Crippen LogP contribution in [0, 0.1) is 9.81 Å². The number of aliphatic hydroxyl groups excluding tert-OH is 2. The molecule has 0 saturated carbocycles. The van der Waals surface area contributed by atoms with Gasteiger partial charge in [-0.3, -0.25) is 0 Å². The Morgan fingerprint density at radius 2 is 1.75 bits per heavy atom. The second kappa shape index (κ2) is 8.22. The van der Waals surface area contributed by atoms with Crippen LogP contribution in [0.5, 0.6) is 0 Å². The Kier molecular flexibility index (Phi) is 7.73. The summed E-state index contributed by atoms with van der Waals surface area (Å²) in [5.74, 6) is 0. The summed E-state index contributed by atoms with van der Waals surface area (Å²) in [4.78, 5) is 20.1. The summed E-state index contributed by atoms with van der Waals surface area (Å²) in [5.41, 5.74) is 0. The highest BCUT2D eigenvalue weighted by atomic mass is 16.7. The van der Waals surface area contributed by atoms with E-state index in [4.69, 9.17) is 9.47 Å². The number of hydrogen-bond donors (Lipinski definition) is 2. The molecule has 0 amide bonds. The van der Waals surface area contributed by atoms with E-state index in [0.717, 1.165) is 0 Å². The molecule has 0 unspecified atom stereocenters. The molecule has 0 aromatic carbocycles. The molecule has 0 rings (SSSR count). The first-order valence-corrected chi connectivity index (χ1v) is 4.69. The van der Waals surface area contributed by atoms with Gasteiger partial charge in [0.15, 0.2) is 6.29 Å². The SMILES string of the molecule is CO[C@H](O[C@H](CN=O)[C@H](O)CN=O)[C@@H](C)O. The number of aliphatic hydroxyl groups is 2. The molecule has 0 heterocycles. The van der Waals surface area contributed by atoms with Crippen LogP contribution in [-0.2, 0) is 9.47 Å². The normalized spacial score (nSPS) is 18.5. The first-order chi connectivity index (χ1) is 7.56. The average molecular weight is 236 g/mol. The van der Waals surface area contributed by atoms with Gasteiger partial charge in [0.05, 0.1) is 0 Å². The zero-order valence-electron chi connectivity index (χ0n) is 9.15. The molecule has 4 atom stereocenters. The predicted molar refractivity (Wildman–Crippen MR) is 54.7 cm³/mol. The molecule has 0 saturated heterocycles. The summed E-state index contributed by atoms with van der Waals surface area (Å²) in [7, 11) is 1.30. The molecule has 0 spiro atoms. The molecule has 94 valence electrons. The summed E-state index contributed by atoms with van der Waals surface area (Å²) < 4.78 is 9.88. The highest BCUT2D eigenvalue weighted by molar-refractivity contribution is 4.74. The van der Waals surface area contributed by atoms with Crippen molar-refractivity contribution in [1.29, 1.82) is 0 Å². The summed E-state index contributed by atoms with van der Waals surface area (Å²) in [5, 5.41) is 23.7.